The van der Waals surface area contributed by atoms with Crippen molar-refractivity contribution in [1.82, 2.24) is 4.90 Å². The van der Waals surface area contributed by atoms with Crippen LogP contribution in [0.2, 0.25) is 0 Å². The lowest BCUT2D eigenvalue weighted by Gasteiger charge is -2.36. The summed E-state index contributed by atoms with van der Waals surface area (Å²) in [5.74, 6) is 0.284. The maximum absolute atomic E-state index is 12.2. The fourth-order valence-electron chi connectivity index (χ4n) is 3.20. The second kappa shape index (κ2) is 6.28. The number of benzene rings is 1. The molecule has 1 saturated heterocycles. The first-order valence-electron chi connectivity index (χ1n) is 7.91. The Morgan fingerprint density at radius 3 is 2.79 bits per heavy atom. The Morgan fingerprint density at radius 1 is 1.38 bits per heavy atom. The molecule has 128 valence electrons. The molecule has 2 aliphatic rings. The smallest absolute Gasteiger partial charge is 0.337 e. The van der Waals surface area contributed by atoms with Gasteiger partial charge in [0.2, 0.25) is 5.91 Å². The highest BCUT2D eigenvalue weighted by Crippen LogP contribution is 2.40. The van der Waals surface area contributed by atoms with Crippen molar-refractivity contribution in [3.05, 3.63) is 35.4 Å². The average Bonchev–Trinajstić information content (AvgIpc) is 2.99. The van der Waals surface area contributed by atoms with E-state index in [0.717, 1.165) is 17.7 Å². The third-order valence-corrected chi connectivity index (χ3v) is 4.26. The molecule has 1 amide bonds. The first-order chi connectivity index (χ1) is 11.5. The zero-order valence-electron chi connectivity index (χ0n) is 14.1. The lowest BCUT2D eigenvalue weighted by atomic mass is 9.96. The maximum Gasteiger partial charge on any atom is 0.337 e. The van der Waals surface area contributed by atoms with E-state index < -0.39 is 11.6 Å². The number of fused-ring (bicyclic) bond motifs is 1. The summed E-state index contributed by atoms with van der Waals surface area (Å²) in [7, 11) is 2.95. The lowest BCUT2D eigenvalue weighted by Crippen LogP contribution is -2.40. The van der Waals surface area contributed by atoms with E-state index in [2.05, 4.69) is 0 Å². The summed E-state index contributed by atoms with van der Waals surface area (Å²) in [6, 6.07) is 5.11. The van der Waals surface area contributed by atoms with Gasteiger partial charge >= 0.3 is 5.97 Å². The van der Waals surface area contributed by atoms with Crippen molar-refractivity contribution in [3.8, 4) is 5.75 Å². The van der Waals surface area contributed by atoms with Gasteiger partial charge in [-0.1, -0.05) is 0 Å². The molecule has 0 aromatic heterocycles. The largest absolute Gasteiger partial charge is 0.480 e. The van der Waals surface area contributed by atoms with Crippen molar-refractivity contribution in [2.24, 2.45) is 0 Å². The number of likely N-dealkylation sites (tertiary alicyclic amines) is 1. The number of esters is 1. The highest BCUT2D eigenvalue weighted by atomic mass is 16.5. The second-order valence-electron chi connectivity index (χ2n) is 6.23. The van der Waals surface area contributed by atoms with Gasteiger partial charge in [-0.15, -0.1) is 0 Å². The van der Waals surface area contributed by atoms with Gasteiger partial charge in [-0.3, -0.25) is 4.79 Å². The van der Waals surface area contributed by atoms with E-state index in [0.29, 0.717) is 30.9 Å². The van der Waals surface area contributed by atoms with Crippen LogP contribution in [0.15, 0.2) is 24.3 Å². The third kappa shape index (κ3) is 2.89. The Kier molecular flexibility index (Phi) is 4.32. The van der Waals surface area contributed by atoms with Crippen molar-refractivity contribution in [2.45, 2.75) is 25.4 Å². The lowest BCUT2D eigenvalue weighted by molar-refractivity contribution is -0.125. The van der Waals surface area contributed by atoms with E-state index in [4.69, 9.17) is 14.2 Å². The van der Waals surface area contributed by atoms with Gasteiger partial charge in [-0.25, -0.2) is 4.79 Å². The van der Waals surface area contributed by atoms with Gasteiger partial charge in [0.15, 0.2) is 0 Å². The molecule has 0 radical (unpaired) electrons. The Labute approximate surface area is 141 Å². The summed E-state index contributed by atoms with van der Waals surface area (Å²) < 4.78 is 16.1. The minimum atomic E-state index is -0.674. The van der Waals surface area contributed by atoms with Gasteiger partial charge in [-0.2, -0.15) is 0 Å². The molecule has 0 spiro atoms. The predicted molar refractivity (Wildman–Crippen MR) is 87.6 cm³/mol. The van der Waals surface area contributed by atoms with E-state index in [-0.39, 0.29) is 5.91 Å². The third-order valence-electron chi connectivity index (χ3n) is 4.26. The normalized spacial score (nSPS) is 22.7. The number of carbonyl (C=O) groups excluding carboxylic acids is 2. The predicted octanol–water partition coefficient (Wildman–Crippen LogP) is 2.23. The van der Waals surface area contributed by atoms with Crippen LogP contribution in [0.4, 0.5) is 0 Å². The number of hydrogen-bond donors (Lipinski definition) is 0. The monoisotopic (exact) mass is 331 g/mol. The van der Waals surface area contributed by atoms with E-state index >= 15 is 0 Å². The van der Waals surface area contributed by atoms with E-state index in [1.807, 2.05) is 13.0 Å². The van der Waals surface area contributed by atoms with Crippen molar-refractivity contribution >= 4 is 17.6 Å². The summed E-state index contributed by atoms with van der Waals surface area (Å²) in [6.07, 6.45) is 3.26. The standard InChI is InChI=1S/C18H21NO5/c1-18(11-22-2)10-14(19-8-4-5-16(19)20)13-9-12(17(21)23-3)6-7-15(13)24-18/h6-7,9-10H,4-5,8,11H2,1-3H3. The molecular formula is C18H21NO5. The molecule has 0 N–H and O–H groups in total. The molecule has 1 atom stereocenters. The van der Waals surface area contributed by atoms with Crippen LogP contribution in [-0.2, 0) is 14.3 Å². The zero-order valence-corrected chi connectivity index (χ0v) is 14.1. The minimum Gasteiger partial charge on any atom is -0.480 e. The summed E-state index contributed by atoms with van der Waals surface area (Å²) >= 11 is 0. The molecule has 6 heteroatoms. The Bertz CT molecular complexity index is 711. The molecule has 1 aromatic carbocycles. The number of hydrogen-bond acceptors (Lipinski definition) is 5. The maximum atomic E-state index is 12.2. The SMILES string of the molecule is COCC1(C)C=C(N2CCCC2=O)c2cc(C(=O)OC)ccc2O1. The number of methoxy groups -OCH3 is 2. The van der Waals surface area contributed by atoms with Crippen molar-refractivity contribution in [2.75, 3.05) is 27.4 Å². The number of amides is 1. The van der Waals surface area contributed by atoms with Crippen LogP contribution in [0.3, 0.4) is 0 Å². The van der Waals surface area contributed by atoms with Crippen molar-refractivity contribution < 1.29 is 23.8 Å². The van der Waals surface area contributed by atoms with Gasteiger partial charge in [-0.05, 0) is 37.6 Å². The topological polar surface area (TPSA) is 65.1 Å². The van der Waals surface area contributed by atoms with E-state index in [1.165, 1.54) is 7.11 Å². The zero-order chi connectivity index (χ0) is 17.3. The Morgan fingerprint density at radius 2 is 2.17 bits per heavy atom. The first-order valence-corrected chi connectivity index (χ1v) is 7.91. The Balaban J connectivity index is 2.10. The number of nitrogens with zero attached hydrogens (tertiary/aromatic N) is 1. The fraction of sp³-hybridized carbons (Fsp3) is 0.444. The van der Waals surface area contributed by atoms with Crippen LogP contribution < -0.4 is 4.74 Å². The van der Waals surface area contributed by atoms with Crippen LogP contribution in [-0.4, -0.2) is 49.7 Å². The van der Waals surface area contributed by atoms with Crippen LogP contribution in [0.25, 0.3) is 5.70 Å². The molecular weight excluding hydrogens is 310 g/mol. The molecule has 1 fully saturated rings. The molecule has 2 aliphatic heterocycles. The summed E-state index contributed by atoms with van der Waals surface area (Å²) in [4.78, 5) is 25.8. The van der Waals surface area contributed by atoms with E-state index in [9.17, 15) is 9.59 Å². The molecule has 24 heavy (non-hydrogen) atoms. The molecule has 2 heterocycles. The molecule has 0 bridgehead atoms. The summed E-state index contributed by atoms with van der Waals surface area (Å²) in [5, 5.41) is 0. The van der Waals surface area contributed by atoms with Crippen LogP contribution in [0.1, 0.15) is 35.7 Å². The molecule has 3 rings (SSSR count). The number of carbonyl (C=O) groups is 2. The first kappa shape index (κ1) is 16.5. The highest BCUT2D eigenvalue weighted by Gasteiger charge is 2.36. The molecule has 0 aliphatic carbocycles. The van der Waals surface area contributed by atoms with Gasteiger partial charge in [0.1, 0.15) is 11.4 Å². The van der Waals surface area contributed by atoms with Gasteiger partial charge in [0.25, 0.3) is 0 Å². The van der Waals surface area contributed by atoms with Crippen LogP contribution >= 0.6 is 0 Å². The average molecular weight is 331 g/mol. The molecule has 6 nitrogen and oxygen atoms in total. The molecule has 1 aromatic rings. The second-order valence-corrected chi connectivity index (χ2v) is 6.23. The quantitative estimate of drug-likeness (QED) is 0.792. The summed E-state index contributed by atoms with van der Waals surface area (Å²) in [6.45, 7) is 2.93. The fourth-order valence-corrected chi connectivity index (χ4v) is 3.20. The van der Waals surface area contributed by atoms with Gasteiger partial charge in [0, 0.05) is 25.6 Å². The Hall–Kier alpha value is -2.34. The highest BCUT2D eigenvalue weighted by molar-refractivity contribution is 5.94. The minimum absolute atomic E-state index is 0.0809. The van der Waals surface area contributed by atoms with Crippen molar-refractivity contribution in [1.29, 1.82) is 0 Å². The van der Waals surface area contributed by atoms with Crippen molar-refractivity contribution in [3.63, 3.8) is 0 Å². The number of ether oxygens (including phenoxy) is 3. The molecule has 1 unspecified atom stereocenters. The molecule has 0 saturated carbocycles. The van der Waals surface area contributed by atoms with Crippen LogP contribution in [0, 0.1) is 0 Å². The number of rotatable bonds is 4. The van der Waals surface area contributed by atoms with Gasteiger partial charge in [0.05, 0.1) is 25.0 Å². The van der Waals surface area contributed by atoms with Crippen LogP contribution in [0.5, 0.6) is 5.75 Å². The van der Waals surface area contributed by atoms with E-state index in [1.54, 1.807) is 30.2 Å². The summed E-state index contributed by atoms with van der Waals surface area (Å²) in [5.41, 5.74) is 1.24. The van der Waals surface area contributed by atoms with Gasteiger partial charge < -0.3 is 19.1 Å².